The summed E-state index contributed by atoms with van der Waals surface area (Å²) in [6.45, 7) is 6.52. The molecule has 0 bridgehead atoms. The number of nitrogens with one attached hydrogen (secondary N) is 1. The zero-order chi connectivity index (χ0) is 16.9. The van der Waals surface area contributed by atoms with Crippen molar-refractivity contribution in [3.63, 3.8) is 0 Å². The highest BCUT2D eigenvalue weighted by Gasteiger charge is 2.28. The lowest BCUT2D eigenvalue weighted by molar-refractivity contribution is 0.190. The van der Waals surface area contributed by atoms with Gasteiger partial charge in [0.05, 0.1) is 0 Å². The minimum absolute atomic E-state index is 0.0698. The Hall–Kier alpha value is -1.96. The number of piperidine rings is 1. The molecule has 1 atom stereocenters. The van der Waals surface area contributed by atoms with E-state index in [-0.39, 0.29) is 11.9 Å². The molecule has 7 nitrogen and oxygen atoms in total. The molecule has 0 aliphatic carbocycles. The summed E-state index contributed by atoms with van der Waals surface area (Å²) in [6, 6.07) is -0.0698. The van der Waals surface area contributed by atoms with Gasteiger partial charge >= 0.3 is 6.03 Å². The molecule has 1 aliphatic heterocycles. The van der Waals surface area contributed by atoms with Gasteiger partial charge in [0.1, 0.15) is 12.2 Å². The van der Waals surface area contributed by atoms with Crippen molar-refractivity contribution in [2.45, 2.75) is 52.0 Å². The number of likely N-dealkylation sites (tertiary alicyclic amines) is 1. The Balaban J connectivity index is 1.62. The molecule has 0 radical (unpaired) electrons. The number of rotatable bonds is 5. The fourth-order valence-corrected chi connectivity index (χ4v) is 4.00. The van der Waals surface area contributed by atoms with E-state index in [9.17, 15) is 4.79 Å². The molecule has 0 aromatic carbocycles. The molecule has 3 heterocycles. The van der Waals surface area contributed by atoms with E-state index in [1.807, 2.05) is 11.1 Å². The summed E-state index contributed by atoms with van der Waals surface area (Å²) < 4.78 is 2.06. The molecular formula is C16H24N6OS. The van der Waals surface area contributed by atoms with Crippen LogP contribution in [0.25, 0.3) is 0 Å². The van der Waals surface area contributed by atoms with Gasteiger partial charge in [-0.1, -0.05) is 13.3 Å². The number of hydrogen-bond acceptors (Lipinski definition) is 5. The average Bonchev–Trinajstić information content (AvgIpc) is 3.24. The molecule has 2 aromatic heterocycles. The molecule has 24 heavy (non-hydrogen) atoms. The zero-order valence-electron chi connectivity index (χ0n) is 14.2. The number of hydrogen-bond donors (Lipinski definition) is 1. The third-order valence-electron chi connectivity index (χ3n) is 4.32. The van der Waals surface area contributed by atoms with Gasteiger partial charge in [-0.2, -0.15) is 0 Å². The van der Waals surface area contributed by atoms with Gasteiger partial charge in [-0.25, -0.2) is 9.78 Å². The van der Waals surface area contributed by atoms with Crippen molar-refractivity contribution in [3.05, 3.63) is 23.2 Å². The van der Waals surface area contributed by atoms with Crippen LogP contribution in [0, 0.1) is 0 Å². The van der Waals surface area contributed by atoms with E-state index in [1.165, 1.54) is 4.88 Å². The number of aryl methyl sites for hydroxylation is 2. The Labute approximate surface area is 146 Å². The van der Waals surface area contributed by atoms with Crippen LogP contribution in [0.5, 0.6) is 0 Å². The summed E-state index contributed by atoms with van der Waals surface area (Å²) in [7, 11) is 0. The quantitative estimate of drug-likeness (QED) is 0.901. The normalized spacial score (nSPS) is 17.9. The maximum Gasteiger partial charge on any atom is 0.323 e. The number of amides is 2. The molecule has 2 aromatic rings. The van der Waals surface area contributed by atoms with Crippen molar-refractivity contribution in [1.82, 2.24) is 24.6 Å². The summed E-state index contributed by atoms with van der Waals surface area (Å²) in [5, 5.41) is 11.9. The number of anilines is 1. The maximum absolute atomic E-state index is 12.5. The van der Waals surface area contributed by atoms with Crippen molar-refractivity contribution < 1.29 is 4.79 Å². The first-order valence-corrected chi connectivity index (χ1v) is 9.41. The van der Waals surface area contributed by atoms with Gasteiger partial charge in [0, 0.05) is 36.6 Å². The number of carbonyl (C=O) groups excluding carboxylic acids is 1. The molecule has 130 valence electrons. The third kappa shape index (κ3) is 3.75. The van der Waals surface area contributed by atoms with E-state index in [4.69, 9.17) is 0 Å². The van der Waals surface area contributed by atoms with Gasteiger partial charge in [-0.05, 0) is 26.2 Å². The molecule has 1 N–H and O–H groups in total. The van der Waals surface area contributed by atoms with Crippen LogP contribution in [0.15, 0.2) is 12.5 Å². The fraction of sp³-hybridized carbons (Fsp3) is 0.625. The van der Waals surface area contributed by atoms with Crippen LogP contribution in [0.4, 0.5) is 9.93 Å². The van der Waals surface area contributed by atoms with Crippen molar-refractivity contribution in [3.8, 4) is 0 Å². The van der Waals surface area contributed by atoms with Crippen molar-refractivity contribution >= 4 is 22.5 Å². The summed E-state index contributed by atoms with van der Waals surface area (Å²) >= 11 is 1.56. The lowest BCUT2D eigenvalue weighted by Gasteiger charge is -2.32. The highest BCUT2D eigenvalue weighted by Crippen LogP contribution is 2.26. The van der Waals surface area contributed by atoms with Crippen molar-refractivity contribution in [2.24, 2.45) is 0 Å². The predicted molar refractivity (Wildman–Crippen MR) is 94.4 cm³/mol. The van der Waals surface area contributed by atoms with Gasteiger partial charge in [-0.3, -0.25) is 5.32 Å². The summed E-state index contributed by atoms with van der Waals surface area (Å²) in [4.78, 5) is 19.9. The number of nitrogens with zero attached hydrogens (tertiary/aromatic N) is 5. The number of urea groups is 1. The van der Waals surface area contributed by atoms with Crippen LogP contribution in [0.2, 0.25) is 0 Å². The molecule has 1 aliphatic rings. The van der Waals surface area contributed by atoms with Crippen LogP contribution in [0.1, 0.15) is 49.7 Å². The van der Waals surface area contributed by atoms with Gasteiger partial charge < -0.3 is 9.47 Å². The molecular weight excluding hydrogens is 324 g/mol. The Morgan fingerprint density at radius 3 is 3.12 bits per heavy atom. The van der Waals surface area contributed by atoms with E-state index < -0.39 is 0 Å². The summed E-state index contributed by atoms with van der Waals surface area (Å²) in [5.41, 5.74) is 0. The van der Waals surface area contributed by atoms with Crippen molar-refractivity contribution in [2.75, 3.05) is 18.4 Å². The second-order valence-corrected chi connectivity index (χ2v) is 7.19. The minimum Gasteiger partial charge on any atom is -0.324 e. The molecule has 0 spiro atoms. The highest BCUT2D eigenvalue weighted by atomic mass is 32.1. The van der Waals surface area contributed by atoms with Gasteiger partial charge in [0.25, 0.3) is 0 Å². The van der Waals surface area contributed by atoms with Crippen LogP contribution in [-0.2, 0) is 13.0 Å². The molecule has 1 saturated heterocycles. The monoisotopic (exact) mass is 348 g/mol. The first-order chi connectivity index (χ1) is 11.7. The minimum atomic E-state index is -0.0698. The van der Waals surface area contributed by atoms with Gasteiger partial charge in [0.15, 0.2) is 5.13 Å². The van der Waals surface area contributed by atoms with Crippen LogP contribution < -0.4 is 5.32 Å². The Bertz CT molecular complexity index is 682. The predicted octanol–water partition coefficient (Wildman–Crippen LogP) is 3.12. The van der Waals surface area contributed by atoms with E-state index in [1.54, 1.807) is 17.7 Å². The second-order valence-electron chi connectivity index (χ2n) is 6.07. The smallest absolute Gasteiger partial charge is 0.323 e. The van der Waals surface area contributed by atoms with Crippen molar-refractivity contribution in [1.29, 1.82) is 0 Å². The molecule has 8 heteroatoms. The second kappa shape index (κ2) is 7.74. The Morgan fingerprint density at radius 1 is 1.46 bits per heavy atom. The van der Waals surface area contributed by atoms with E-state index in [0.717, 1.165) is 44.6 Å². The molecule has 1 fully saturated rings. The highest BCUT2D eigenvalue weighted by molar-refractivity contribution is 7.15. The number of carbonyl (C=O) groups is 1. The SMILES string of the molecule is CCCc1cnc(NC(=O)N2CCC[C@H](c3nncn3CC)C2)s1. The molecule has 0 saturated carbocycles. The third-order valence-corrected chi connectivity index (χ3v) is 5.30. The largest absolute Gasteiger partial charge is 0.324 e. The average molecular weight is 348 g/mol. The first kappa shape index (κ1) is 16.9. The topological polar surface area (TPSA) is 75.9 Å². The molecule has 2 amide bonds. The van der Waals surface area contributed by atoms with Crippen LogP contribution >= 0.6 is 11.3 Å². The lowest BCUT2D eigenvalue weighted by Crippen LogP contribution is -2.42. The summed E-state index contributed by atoms with van der Waals surface area (Å²) in [5.74, 6) is 1.23. The lowest BCUT2D eigenvalue weighted by atomic mass is 9.97. The standard InChI is InChI=1S/C16H24N6OS/c1-3-6-13-9-17-15(24-13)19-16(23)22-8-5-7-12(10-22)14-20-18-11-21(14)4-2/h9,11-12H,3-8,10H2,1-2H3,(H,17,19,23)/t12-/m0/s1. The molecule has 0 unspecified atom stereocenters. The number of thiazole rings is 1. The van der Waals surface area contributed by atoms with E-state index in [0.29, 0.717) is 11.7 Å². The summed E-state index contributed by atoms with van der Waals surface area (Å²) in [6.07, 6.45) is 7.73. The number of aromatic nitrogens is 4. The van der Waals surface area contributed by atoms with Gasteiger partial charge in [-0.15, -0.1) is 21.5 Å². The maximum atomic E-state index is 12.5. The molecule has 3 rings (SSSR count). The van der Waals surface area contributed by atoms with E-state index in [2.05, 4.69) is 38.9 Å². The van der Waals surface area contributed by atoms with Crippen LogP contribution in [-0.4, -0.2) is 43.8 Å². The van der Waals surface area contributed by atoms with E-state index >= 15 is 0 Å². The van der Waals surface area contributed by atoms with Gasteiger partial charge in [0.2, 0.25) is 0 Å². The fourth-order valence-electron chi connectivity index (χ4n) is 3.09. The Kier molecular flexibility index (Phi) is 5.44. The van der Waals surface area contributed by atoms with Crippen LogP contribution in [0.3, 0.4) is 0 Å². The Morgan fingerprint density at radius 2 is 2.33 bits per heavy atom. The zero-order valence-corrected chi connectivity index (χ0v) is 15.1. The first-order valence-electron chi connectivity index (χ1n) is 8.59.